The van der Waals surface area contributed by atoms with Gasteiger partial charge in [0.05, 0.1) is 0 Å². The molecule has 0 N–H and O–H groups in total. The Kier molecular flexibility index (Phi) is 4.18. The van der Waals surface area contributed by atoms with Crippen molar-refractivity contribution in [1.29, 1.82) is 0 Å². The van der Waals surface area contributed by atoms with Crippen LogP contribution in [0.2, 0.25) is 0 Å². The van der Waals surface area contributed by atoms with Crippen LogP contribution in [0.15, 0.2) is 12.7 Å². The summed E-state index contributed by atoms with van der Waals surface area (Å²) in [6.07, 6.45) is 8.63. The zero-order valence-electron chi connectivity index (χ0n) is 9.05. The van der Waals surface area contributed by atoms with E-state index in [0.29, 0.717) is 6.42 Å². The number of carbonyl (C=O) groups is 1. The van der Waals surface area contributed by atoms with Gasteiger partial charge in [0.1, 0.15) is 5.60 Å². The molecule has 1 saturated carbocycles. The van der Waals surface area contributed by atoms with E-state index < -0.39 is 0 Å². The molecule has 80 valence electrons. The summed E-state index contributed by atoms with van der Waals surface area (Å²) in [6.45, 7) is 5.64. The van der Waals surface area contributed by atoms with Crippen LogP contribution >= 0.6 is 0 Å². The first-order valence-electron chi connectivity index (χ1n) is 5.49. The SMILES string of the molecule is C=CCCC(=O)OC1(C)CCCCC1. The molecule has 2 nitrogen and oxygen atoms in total. The van der Waals surface area contributed by atoms with Crippen molar-refractivity contribution in [3.05, 3.63) is 12.7 Å². The summed E-state index contributed by atoms with van der Waals surface area (Å²) in [7, 11) is 0. The molecule has 0 spiro atoms. The molecule has 0 aliphatic heterocycles. The molecule has 14 heavy (non-hydrogen) atoms. The van der Waals surface area contributed by atoms with Crippen LogP contribution < -0.4 is 0 Å². The summed E-state index contributed by atoms with van der Waals surface area (Å²) in [5.41, 5.74) is -0.184. The topological polar surface area (TPSA) is 26.3 Å². The van der Waals surface area contributed by atoms with E-state index >= 15 is 0 Å². The van der Waals surface area contributed by atoms with Crippen LogP contribution in [0.4, 0.5) is 0 Å². The molecule has 1 aliphatic rings. The van der Waals surface area contributed by atoms with Crippen molar-refractivity contribution in [1.82, 2.24) is 0 Å². The van der Waals surface area contributed by atoms with Crippen molar-refractivity contribution in [2.24, 2.45) is 0 Å². The average Bonchev–Trinajstić information content (AvgIpc) is 2.15. The molecule has 1 rings (SSSR count). The van der Waals surface area contributed by atoms with Gasteiger partial charge >= 0.3 is 5.97 Å². The van der Waals surface area contributed by atoms with Crippen molar-refractivity contribution in [3.8, 4) is 0 Å². The van der Waals surface area contributed by atoms with E-state index in [-0.39, 0.29) is 11.6 Å². The van der Waals surface area contributed by atoms with Gasteiger partial charge in [0.25, 0.3) is 0 Å². The Hall–Kier alpha value is -0.790. The quantitative estimate of drug-likeness (QED) is 0.509. The van der Waals surface area contributed by atoms with Crippen LogP contribution in [0.5, 0.6) is 0 Å². The van der Waals surface area contributed by atoms with Crippen LogP contribution in [0.25, 0.3) is 0 Å². The van der Waals surface area contributed by atoms with Gasteiger partial charge in [0.2, 0.25) is 0 Å². The Morgan fingerprint density at radius 1 is 1.43 bits per heavy atom. The first-order chi connectivity index (χ1) is 6.66. The lowest BCUT2D eigenvalue weighted by Crippen LogP contribution is -2.33. The minimum Gasteiger partial charge on any atom is -0.459 e. The maximum absolute atomic E-state index is 11.4. The minimum absolute atomic E-state index is 0.0747. The Bertz CT molecular complexity index is 202. The number of hydrogen-bond donors (Lipinski definition) is 0. The van der Waals surface area contributed by atoms with Gasteiger partial charge in [-0.2, -0.15) is 0 Å². The van der Waals surface area contributed by atoms with Crippen LogP contribution in [-0.4, -0.2) is 11.6 Å². The van der Waals surface area contributed by atoms with E-state index in [1.165, 1.54) is 19.3 Å². The van der Waals surface area contributed by atoms with Crippen LogP contribution in [0.3, 0.4) is 0 Å². The highest BCUT2D eigenvalue weighted by atomic mass is 16.6. The van der Waals surface area contributed by atoms with Crippen LogP contribution in [-0.2, 0) is 9.53 Å². The lowest BCUT2D eigenvalue weighted by Gasteiger charge is -2.33. The standard InChI is InChI=1S/C12H20O2/c1-3-4-8-11(13)14-12(2)9-6-5-7-10-12/h3H,1,4-10H2,2H3. The second-order valence-electron chi connectivity index (χ2n) is 4.31. The molecule has 0 radical (unpaired) electrons. The molecular formula is C12H20O2. The fourth-order valence-corrected chi connectivity index (χ4v) is 1.95. The fraction of sp³-hybridized carbons (Fsp3) is 0.750. The smallest absolute Gasteiger partial charge is 0.306 e. The van der Waals surface area contributed by atoms with E-state index in [1.807, 2.05) is 0 Å². The molecule has 0 atom stereocenters. The molecular weight excluding hydrogens is 176 g/mol. The summed E-state index contributed by atoms with van der Waals surface area (Å²) < 4.78 is 5.49. The van der Waals surface area contributed by atoms with E-state index in [1.54, 1.807) is 6.08 Å². The Labute approximate surface area is 86.3 Å². The summed E-state index contributed by atoms with van der Waals surface area (Å²) in [5.74, 6) is -0.0747. The predicted molar refractivity (Wildman–Crippen MR) is 57.0 cm³/mol. The second kappa shape index (κ2) is 5.18. The molecule has 0 bridgehead atoms. The van der Waals surface area contributed by atoms with Crippen LogP contribution in [0, 0.1) is 0 Å². The average molecular weight is 196 g/mol. The van der Waals surface area contributed by atoms with Gasteiger partial charge in [-0.25, -0.2) is 0 Å². The predicted octanol–water partition coefficient (Wildman–Crippen LogP) is 3.22. The molecule has 0 saturated heterocycles. The summed E-state index contributed by atoms with van der Waals surface area (Å²) in [5, 5.41) is 0. The number of hydrogen-bond acceptors (Lipinski definition) is 2. The molecule has 0 aromatic carbocycles. The lowest BCUT2D eigenvalue weighted by molar-refractivity contribution is -0.161. The van der Waals surface area contributed by atoms with Crippen molar-refractivity contribution in [3.63, 3.8) is 0 Å². The number of esters is 1. The maximum atomic E-state index is 11.4. The Balaban J connectivity index is 2.33. The van der Waals surface area contributed by atoms with E-state index in [4.69, 9.17) is 4.74 Å². The van der Waals surface area contributed by atoms with Gasteiger partial charge in [0, 0.05) is 6.42 Å². The lowest BCUT2D eigenvalue weighted by atomic mass is 9.86. The van der Waals surface area contributed by atoms with Gasteiger partial charge in [-0.1, -0.05) is 12.5 Å². The molecule has 2 heteroatoms. The van der Waals surface area contributed by atoms with Crippen LogP contribution in [0.1, 0.15) is 51.9 Å². The highest BCUT2D eigenvalue weighted by Gasteiger charge is 2.30. The largest absolute Gasteiger partial charge is 0.459 e. The molecule has 0 amide bonds. The summed E-state index contributed by atoms with van der Waals surface area (Å²) >= 11 is 0. The fourth-order valence-electron chi connectivity index (χ4n) is 1.95. The highest BCUT2D eigenvalue weighted by Crippen LogP contribution is 2.31. The Morgan fingerprint density at radius 3 is 2.64 bits per heavy atom. The number of carbonyl (C=O) groups excluding carboxylic acids is 1. The van der Waals surface area contributed by atoms with Crippen molar-refractivity contribution in [2.45, 2.75) is 57.5 Å². The summed E-state index contributed by atoms with van der Waals surface area (Å²) in [6, 6.07) is 0. The molecule has 1 aliphatic carbocycles. The number of ether oxygens (including phenoxy) is 1. The van der Waals surface area contributed by atoms with Gasteiger partial charge in [-0.3, -0.25) is 4.79 Å². The molecule has 0 aromatic heterocycles. The van der Waals surface area contributed by atoms with Gasteiger partial charge in [-0.05, 0) is 39.0 Å². The van der Waals surface area contributed by atoms with Crippen molar-refractivity contribution >= 4 is 5.97 Å². The molecule has 1 fully saturated rings. The second-order valence-corrected chi connectivity index (χ2v) is 4.31. The zero-order valence-corrected chi connectivity index (χ0v) is 9.05. The van der Waals surface area contributed by atoms with E-state index in [2.05, 4.69) is 13.5 Å². The highest BCUT2D eigenvalue weighted by molar-refractivity contribution is 5.70. The van der Waals surface area contributed by atoms with Gasteiger partial charge < -0.3 is 4.74 Å². The summed E-state index contributed by atoms with van der Waals surface area (Å²) in [4.78, 5) is 11.4. The maximum Gasteiger partial charge on any atom is 0.306 e. The third-order valence-corrected chi connectivity index (χ3v) is 2.82. The van der Waals surface area contributed by atoms with E-state index in [9.17, 15) is 4.79 Å². The molecule has 0 unspecified atom stereocenters. The molecule has 0 aromatic rings. The first-order valence-corrected chi connectivity index (χ1v) is 5.49. The molecule has 0 heterocycles. The third-order valence-electron chi connectivity index (χ3n) is 2.82. The van der Waals surface area contributed by atoms with Crippen molar-refractivity contribution in [2.75, 3.05) is 0 Å². The number of allylic oxidation sites excluding steroid dienone is 1. The monoisotopic (exact) mass is 196 g/mol. The minimum atomic E-state index is -0.184. The normalized spacial score (nSPS) is 20.1. The number of rotatable bonds is 4. The Morgan fingerprint density at radius 2 is 2.07 bits per heavy atom. The zero-order chi connectivity index (χ0) is 10.4. The van der Waals surface area contributed by atoms with Gasteiger partial charge in [-0.15, -0.1) is 6.58 Å². The van der Waals surface area contributed by atoms with E-state index in [0.717, 1.165) is 19.3 Å². The van der Waals surface area contributed by atoms with Gasteiger partial charge in [0.15, 0.2) is 0 Å². The van der Waals surface area contributed by atoms with Crippen molar-refractivity contribution < 1.29 is 9.53 Å². The first kappa shape index (κ1) is 11.3. The third kappa shape index (κ3) is 3.52.